The van der Waals surface area contributed by atoms with Gasteiger partial charge in [0.05, 0.1) is 23.6 Å². The van der Waals surface area contributed by atoms with Crippen molar-refractivity contribution < 1.29 is 37.4 Å². The average molecular weight is 585 g/mol. The molecule has 1 saturated heterocycles. The highest BCUT2D eigenvalue weighted by molar-refractivity contribution is 9.10. The molecule has 0 aliphatic carbocycles. The zero-order valence-electron chi connectivity index (χ0n) is 16.8. The second-order valence-corrected chi connectivity index (χ2v) is 10.4. The van der Waals surface area contributed by atoms with Crippen LogP contribution in [0, 0.1) is 0 Å². The van der Waals surface area contributed by atoms with E-state index >= 15 is 0 Å². The van der Waals surface area contributed by atoms with Crippen LogP contribution >= 0.6 is 51.7 Å². The number of ether oxygens (including phenoxy) is 1. The third-order valence-corrected chi connectivity index (χ3v) is 8.29. The van der Waals surface area contributed by atoms with Crippen LogP contribution in [0.1, 0.15) is 23.7 Å². The number of β-lactam (4-membered cyclic amide) rings is 1. The normalized spacial score (nSPS) is 20.2. The first-order valence-corrected chi connectivity index (χ1v) is 12.4. The number of nitrogens with one attached hydrogen (secondary N) is 1. The summed E-state index contributed by atoms with van der Waals surface area (Å²) in [6, 6.07) is 3.70. The lowest BCUT2D eigenvalue weighted by Crippen LogP contribution is -2.70. The van der Waals surface area contributed by atoms with E-state index in [1.807, 2.05) is 0 Å². The largest absolute Gasteiger partial charge is 0.477 e. The maximum absolute atomic E-state index is 12.6. The molecule has 7 nitrogen and oxygen atoms in total. The number of aliphatic carboxylic acids is 1. The highest BCUT2D eigenvalue weighted by atomic mass is 79.9. The van der Waals surface area contributed by atoms with Gasteiger partial charge in [-0.2, -0.15) is 13.2 Å². The molecule has 0 aromatic heterocycles. The summed E-state index contributed by atoms with van der Waals surface area (Å²) in [6.07, 6.45) is -5.87. The van der Waals surface area contributed by atoms with E-state index in [9.17, 15) is 32.7 Å². The van der Waals surface area contributed by atoms with Gasteiger partial charge in [0, 0.05) is 20.0 Å². The number of amides is 1. The standard InChI is InChI=1S/C19H16BrF3N2O5S3/c1-2-30-18(29)8-3-4-10(9(20)5-8)33-11-7-32-16-13(24-12(31)6-19(21,22)23)15(26)25(16)14(11)17(27)28/h3-5,13,16H,2,6-7H2,1H3,(H,24,31)(H,27,28)/t13-,16-/m1/s1. The van der Waals surface area contributed by atoms with E-state index in [2.05, 4.69) is 21.2 Å². The number of fused-ring (bicyclic) bond motifs is 1. The van der Waals surface area contributed by atoms with Crippen molar-refractivity contribution in [2.45, 2.75) is 35.8 Å². The van der Waals surface area contributed by atoms with Gasteiger partial charge in [-0.15, -0.1) is 11.8 Å². The Morgan fingerprint density at radius 1 is 1.42 bits per heavy atom. The van der Waals surface area contributed by atoms with Crippen molar-refractivity contribution >= 4 is 74.5 Å². The Morgan fingerprint density at radius 3 is 2.70 bits per heavy atom. The molecule has 0 unspecified atom stereocenters. The van der Waals surface area contributed by atoms with Crippen molar-refractivity contribution in [2.24, 2.45) is 0 Å². The Bertz CT molecular complexity index is 1050. The van der Waals surface area contributed by atoms with Crippen molar-refractivity contribution in [2.75, 3.05) is 12.4 Å². The first-order chi connectivity index (χ1) is 15.4. The van der Waals surface area contributed by atoms with Gasteiger partial charge in [-0.05, 0) is 41.1 Å². The molecular weight excluding hydrogens is 569 g/mol. The monoisotopic (exact) mass is 584 g/mol. The van der Waals surface area contributed by atoms with Gasteiger partial charge in [0.1, 0.15) is 17.1 Å². The fourth-order valence-corrected chi connectivity index (χ4v) is 6.52. The fourth-order valence-electron chi connectivity index (χ4n) is 3.13. The zero-order chi connectivity index (χ0) is 24.5. The van der Waals surface area contributed by atoms with Gasteiger partial charge in [-0.25, -0.2) is 9.59 Å². The summed E-state index contributed by atoms with van der Waals surface area (Å²) in [6.45, 7) is 1.91. The molecular formula is C19H16BrF3N2O5S3. The lowest BCUT2D eigenvalue weighted by molar-refractivity contribution is -0.148. The number of thiocarbonyl (C=S) groups is 1. The topological polar surface area (TPSA) is 95.9 Å². The van der Waals surface area contributed by atoms with Gasteiger partial charge < -0.3 is 15.2 Å². The van der Waals surface area contributed by atoms with Crippen molar-refractivity contribution in [1.82, 2.24) is 10.2 Å². The number of rotatable bonds is 7. The molecule has 1 fully saturated rings. The molecule has 14 heteroatoms. The van der Waals surface area contributed by atoms with Crippen LogP contribution in [0.2, 0.25) is 0 Å². The number of carbonyl (C=O) groups is 3. The minimum Gasteiger partial charge on any atom is -0.477 e. The average Bonchev–Trinajstić information content (AvgIpc) is 2.71. The van der Waals surface area contributed by atoms with Gasteiger partial charge in [-0.3, -0.25) is 9.69 Å². The number of benzene rings is 1. The maximum Gasteiger partial charge on any atom is 0.395 e. The van der Waals surface area contributed by atoms with Gasteiger partial charge in [0.15, 0.2) is 0 Å². The van der Waals surface area contributed by atoms with Crippen molar-refractivity contribution in [3.8, 4) is 0 Å². The highest BCUT2D eigenvalue weighted by Crippen LogP contribution is 2.46. The zero-order valence-corrected chi connectivity index (χ0v) is 20.8. The Morgan fingerprint density at radius 2 is 2.12 bits per heavy atom. The van der Waals surface area contributed by atoms with E-state index in [1.54, 1.807) is 25.1 Å². The second-order valence-electron chi connectivity index (χ2n) is 6.79. The number of hydrogen-bond donors (Lipinski definition) is 2. The first-order valence-electron chi connectivity index (χ1n) is 9.34. The summed E-state index contributed by atoms with van der Waals surface area (Å²) in [5.74, 6) is -2.27. The molecule has 1 aromatic rings. The number of hydrogen-bond acceptors (Lipinski definition) is 7. The maximum atomic E-state index is 12.6. The number of alkyl halides is 3. The number of halogens is 4. The predicted molar refractivity (Wildman–Crippen MR) is 124 cm³/mol. The van der Waals surface area contributed by atoms with Crippen LogP contribution in [0.15, 0.2) is 38.2 Å². The molecule has 178 valence electrons. The van der Waals surface area contributed by atoms with Gasteiger partial charge >= 0.3 is 18.1 Å². The molecule has 3 rings (SSSR count). The third kappa shape index (κ3) is 5.84. The van der Waals surface area contributed by atoms with Crippen LogP contribution < -0.4 is 5.32 Å². The molecule has 1 amide bonds. The quantitative estimate of drug-likeness (QED) is 0.278. The molecule has 2 aliphatic heterocycles. The summed E-state index contributed by atoms with van der Waals surface area (Å²) in [7, 11) is 0. The first kappa shape index (κ1) is 25.8. The minimum absolute atomic E-state index is 0.219. The second kappa shape index (κ2) is 10.2. The van der Waals surface area contributed by atoms with Crippen LogP contribution in [-0.4, -0.2) is 62.8 Å². The van der Waals surface area contributed by atoms with Crippen LogP contribution in [0.5, 0.6) is 0 Å². The lowest BCUT2D eigenvalue weighted by atomic mass is 10.0. The molecule has 2 atom stereocenters. The van der Waals surface area contributed by atoms with Crippen molar-refractivity contribution in [3.05, 3.63) is 38.8 Å². The summed E-state index contributed by atoms with van der Waals surface area (Å²) in [5, 5.41) is 11.5. The molecule has 2 aliphatic rings. The fraction of sp³-hybridized carbons (Fsp3) is 0.368. The Labute approximate surface area is 208 Å². The summed E-state index contributed by atoms with van der Waals surface area (Å²) < 4.78 is 43.1. The Kier molecular flexibility index (Phi) is 8.02. The van der Waals surface area contributed by atoms with E-state index in [4.69, 9.17) is 17.0 Å². The lowest BCUT2D eigenvalue weighted by Gasteiger charge is -2.49. The SMILES string of the molecule is CCOC(=O)c1ccc(SC2=C(C(=O)O)N3C(=O)[C@@H](NC(=S)CC(F)(F)F)[C@H]3SC2)c(Br)c1. The number of thioether (sulfide) groups is 2. The molecule has 0 radical (unpaired) electrons. The van der Waals surface area contributed by atoms with E-state index in [1.165, 1.54) is 11.8 Å². The summed E-state index contributed by atoms with van der Waals surface area (Å²) >= 11 is 10.4. The molecule has 0 saturated carbocycles. The van der Waals surface area contributed by atoms with Crippen molar-refractivity contribution in [3.63, 3.8) is 0 Å². The molecule has 33 heavy (non-hydrogen) atoms. The highest BCUT2D eigenvalue weighted by Gasteiger charge is 2.54. The minimum atomic E-state index is -4.51. The van der Waals surface area contributed by atoms with E-state index in [-0.39, 0.29) is 18.1 Å². The third-order valence-electron chi connectivity index (χ3n) is 4.49. The summed E-state index contributed by atoms with van der Waals surface area (Å²) in [4.78, 5) is 38.0. The Hall–Kier alpha value is -1.77. The Balaban J connectivity index is 1.79. The van der Waals surface area contributed by atoms with Crippen LogP contribution in [0.4, 0.5) is 13.2 Å². The number of esters is 1. The van der Waals surface area contributed by atoms with E-state index in [0.717, 1.165) is 16.7 Å². The number of carboxylic acids is 1. The van der Waals surface area contributed by atoms with E-state index in [0.29, 0.717) is 19.8 Å². The van der Waals surface area contributed by atoms with Crippen LogP contribution in [0.3, 0.4) is 0 Å². The van der Waals surface area contributed by atoms with Gasteiger partial charge in [0.2, 0.25) is 0 Å². The predicted octanol–water partition coefficient (Wildman–Crippen LogP) is 4.17. The smallest absolute Gasteiger partial charge is 0.395 e. The van der Waals surface area contributed by atoms with Crippen molar-refractivity contribution in [1.29, 1.82) is 0 Å². The molecule has 2 N–H and O–H groups in total. The van der Waals surface area contributed by atoms with Crippen LogP contribution in [0.25, 0.3) is 0 Å². The van der Waals surface area contributed by atoms with E-state index < -0.39 is 46.8 Å². The molecule has 2 heterocycles. The van der Waals surface area contributed by atoms with Crippen LogP contribution in [-0.2, 0) is 14.3 Å². The molecule has 0 bridgehead atoms. The van der Waals surface area contributed by atoms with Gasteiger partial charge in [-0.1, -0.05) is 24.0 Å². The molecule has 0 spiro atoms. The summed E-state index contributed by atoms with van der Waals surface area (Å²) in [5.41, 5.74) is 0.0927. The van der Waals surface area contributed by atoms with Gasteiger partial charge in [0.25, 0.3) is 5.91 Å². The molecule has 1 aromatic carbocycles. The number of carboxylic acid groups (broad SMARTS) is 1. The number of nitrogens with zero attached hydrogens (tertiary/aromatic N) is 1. The number of carbonyl (C=O) groups excluding carboxylic acids is 2.